The van der Waals surface area contributed by atoms with Crippen LogP contribution >= 0.6 is 23.5 Å². The average molecular weight is 616 g/mol. The summed E-state index contributed by atoms with van der Waals surface area (Å²) >= 11 is 2.35. The molecule has 0 aliphatic rings. The van der Waals surface area contributed by atoms with E-state index in [1.807, 2.05) is 0 Å². The van der Waals surface area contributed by atoms with Gasteiger partial charge in [0.25, 0.3) is 5.22 Å². The predicted octanol–water partition coefficient (Wildman–Crippen LogP) is 2.69. The van der Waals surface area contributed by atoms with E-state index in [-0.39, 0.29) is 36.0 Å². The van der Waals surface area contributed by atoms with Gasteiger partial charge in [0.15, 0.2) is 0 Å². The Balaban J connectivity index is 0.00000411. The molecule has 0 fully saturated rings. The molecular weight excluding hydrogens is 578 g/mol. The van der Waals surface area contributed by atoms with Crippen LogP contribution in [0.15, 0.2) is 27.8 Å². The molecule has 0 spiro atoms. The number of aliphatic hydroxyl groups excluding tert-OH is 1. The van der Waals surface area contributed by atoms with Crippen molar-refractivity contribution < 1.29 is 42.8 Å². The molecule has 0 saturated heterocycles. The number of aldehydes is 1. The van der Waals surface area contributed by atoms with E-state index in [9.17, 15) is 9.59 Å². The average Bonchev–Trinajstić information content (AvgIpc) is 3.48. The maximum Gasteiger partial charge on any atom is 0.276 e. The number of amides is 1. The molecule has 0 aliphatic carbocycles. The monoisotopic (exact) mass is 615 g/mol. The summed E-state index contributed by atoms with van der Waals surface area (Å²) in [6.07, 6.45) is 4.77. The van der Waals surface area contributed by atoms with Crippen LogP contribution in [0.25, 0.3) is 11.5 Å². The Hall–Kier alpha value is -2.86. The largest absolute Gasteiger partial charge is 0.415 e. The predicted molar refractivity (Wildman–Crippen MR) is 156 cm³/mol. The first-order chi connectivity index (χ1) is 20.0. The summed E-state index contributed by atoms with van der Waals surface area (Å²) in [7, 11) is 1.00. The van der Waals surface area contributed by atoms with Gasteiger partial charge in [-0.15, -0.1) is 10.2 Å². The fourth-order valence-electron chi connectivity index (χ4n) is 2.84. The Kier molecular flexibility index (Phi) is 20.1. The lowest BCUT2D eigenvalue weighted by Gasteiger charge is -2.11. The highest BCUT2D eigenvalue weighted by molar-refractivity contribution is 8.12. The van der Waals surface area contributed by atoms with E-state index in [4.69, 9.17) is 44.0 Å². The molecule has 1 aromatic heterocycles. The van der Waals surface area contributed by atoms with Gasteiger partial charge in [0.05, 0.1) is 59.3 Å². The number of aliphatic hydroxyl groups is 1. The molecule has 1 amide bonds. The van der Waals surface area contributed by atoms with Gasteiger partial charge in [-0.2, -0.15) is 0 Å². The van der Waals surface area contributed by atoms with Crippen molar-refractivity contribution in [3.8, 4) is 11.5 Å². The Labute approximate surface area is 247 Å². The lowest BCUT2D eigenvalue weighted by molar-refractivity contribution is -0.117. The maximum absolute atomic E-state index is 12.5. The first kappa shape index (κ1) is 36.2. The second-order valence-electron chi connectivity index (χ2n) is 7.50. The van der Waals surface area contributed by atoms with Crippen molar-refractivity contribution >= 4 is 52.5 Å². The topological polar surface area (TPSA) is 199 Å². The number of rotatable bonds is 19. The lowest BCUT2D eigenvalue weighted by atomic mass is 10.1. The number of aromatic nitrogens is 2. The van der Waals surface area contributed by atoms with Crippen LogP contribution in [0.5, 0.6) is 0 Å². The number of carbonyl (C=O) groups excluding carboxylic acids is 2. The first-order valence-corrected chi connectivity index (χ1v) is 14.8. The maximum atomic E-state index is 12.5. The SMILES string of the molecule is CO.CSC(=N)OC(=N)c1cc(NC(=O)CCOCCOCCOCCOCCC=O)cc(-c2nnc(SC)o2)c1. The van der Waals surface area contributed by atoms with Crippen LogP contribution in [0, 0.1) is 10.8 Å². The van der Waals surface area contributed by atoms with Gasteiger partial charge in [0.1, 0.15) is 6.29 Å². The molecule has 0 atom stereocenters. The summed E-state index contributed by atoms with van der Waals surface area (Å²) in [5, 5.41) is 33.8. The van der Waals surface area contributed by atoms with Crippen LogP contribution in [-0.4, -0.2) is 111 Å². The van der Waals surface area contributed by atoms with Gasteiger partial charge >= 0.3 is 0 Å². The Morgan fingerprint density at radius 1 is 0.951 bits per heavy atom. The van der Waals surface area contributed by atoms with E-state index in [2.05, 4.69) is 15.5 Å². The van der Waals surface area contributed by atoms with Gasteiger partial charge in [0, 0.05) is 30.3 Å². The second-order valence-corrected chi connectivity index (χ2v) is 9.04. The summed E-state index contributed by atoms with van der Waals surface area (Å²) < 4.78 is 32.2. The minimum Gasteiger partial charge on any atom is -0.415 e. The smallest absolute Gasteiger partial charge is 0.276 e. The van der Waals surface area contributed by atoms with Crippen molar-refractivity contribution in [2.24, 2.45) is 0 Å². The molecule has 228 valence electrons. The molecule has 4 N–H and O–H groups in total. The number of ether oxygens (including phenoxy) is 5. The number of thioether (sulfide) groups is 2. The van der Waals surface area contributed by atoms with Crippen molar-refractivity contribution in [2.75, 3.05) is 77.8 Å². The van der Waals surface area contributed by atoms with Crippen molar-refractivity contribution in [3.63, 3.8) is 0 Å². The molecule has 1 heterocycles. The number of nitrogens with zero attached hydrogens (tertiary/aromatic N) is 2. The molecule has 16 heteroatoms. The van der Waals surface area contributed by atoms with Gasteiger partial charge in [-0.05, 0) is 30.7 Å². The van der Waals surface area contributed by atoms with Crippen molar-refractivity contribution in [2.45, 2.75) is 18.1 Å². The zero-order chi connectivity index (χ0) is 30.3. The molecule has 0 unspecified atom stereocenters. The minimum atomic E-state index is -0.289. The zero-order valence-corrected chi connectivity index (χ0v) is 24.9. The van der Waals surface area contributed by atoms with Gasteiger partial charge in [-0.1, -0.05) is 23.5 Å². The third kappa shape index (κ3) is 15.6. The zero-order valence-electron chi connectivity index (χ0n) is 23.3. The highest BCUT2D eigenvalue weighted by atomic mass is 32.2. The van der Waals surface area contributed by atoms with Gasteiger partial charge in [0.2, 0.25) is 22.9 Å². The number of carbonyl (C=O) groups is 2. The van der Waals surface area contributed by atoms with Crippen LogP contribution in [0.4, 0.5) is 5.69 Å². The summed E-state index contributed by atoms with van der Waals surface area (Å²) in [6, 6.07) is 4.83. The summed E-state index contributed by atoms with van der Waals surface area (Å²) in [4.78, 5) is 22.7. The van der Waals surface area contributed by atoms with Crippen molar-refractivity contribution in [3.05, 3.63) is 23.8 Å². The fraction of sp³-hybridized carbons (Fsp3) is 0.520. The van der Waals surface area contributed by atoms with E-state index in [1.54, 1.807) is 30.7 Å². The lowest BCUT2D eigenvalue weighted by Crippen LogP contribution is -2.17. The number of anilines is 1. The Morgan fingerprint density at radius 2 is 1.56 bits per heavy atom. The normalized spacial score (nSPS) is 10.4. The molecular formula is C25H37N5O9S2. The molecule has 2 aromatic rings. The van der Waals surface area contributed by atoms with E-state index in [1.165, 1.54) is 11.8 Å². The van der Waals surface area contributed by atoms with Crippen LogP contribution in [-0.2, 0) is 33.3 Å². The number of nitrogens with one attached hydrogen (secondary N) is 3. The van der Waals surface area contributed by atoms with Crippen molar-refractivity contribution in [1.29, 1.82) is 10.8 Å². The third-order valence-electron chi connectivity index (χ3n) is 4.66. The van der Waals surface area contributed by atoms with Gasteiger partial charge in [-0.3, -0.25) is 15.6 Å². The summed E-state index contributed by atoms with van der Waals surface area (Å²) in [5.74, 6) is -0.323. The molecule has 0 bridgehead atoms. The second kappa shape index (κ2) is 22.8. The molecule has 0 radical (unpaired) electrons. The number of benzene rings is 1. The van der Waals surface area contributed by atoms with Crippen molar-refractivity contribution in [1.82, 2.24) is 10.2 Å². The summed E-state index contributed by atoms with van der Waals surface area (Å²) in [5.41, 5.74) is 1.22. The van der Waals surface area contributed by atoms with E-state index in [0.717, 1.165) is 25.2 Å². The first-order valence-electron chi connectivity index (χ1n) is 12.4. The van der Waals surface area contributed by atoms with Gasteiger partial charge in [-0.25, -0.2) is 0 Å². The highest BCUT2D eigenvalue weighted by Gasteiger charge is 2.15. The molecule has 0 saturated carbocycles. The highest BCUT2D eigenvalue weighted by Crippen LogP contribution is 2.27. The molecule has 41 heavy (non-hydrogen) atoms. The van der Waals surface area contributed by atoms with E-state index >= 15 is 0 Å². The quantitative estimate of drug-likeness (QED) is 0.0592. The Morgan fingerprint density at radius 3 is 2.12 bits per heavy atom. The fourth-order valence-corrected chi connectivity index (χ4v) is 3.29. The summed E-state index contributed by atoms with van der Waals surface area (Å²) in [6.45, 7) is 2.97. The standard InChI is InChI=1S/C24H33N5O8S2.CH4O/c1-38-23(26)36-21(25)17-14-18(22-28-29-24(37-22)39-2)16-19(15-17)27-20(31)4-7-33-9-11-35-13-12-34-10-8-32-6-3-5-30;1-2/h5,14-16,25-26H,3-4,6-13H2,1-2H3,(H,27,31);2H,1H3. The van der Waals surface area contributed by atoms with E-state index in [0.29, 0.717) is 74.7 Å². The Bertz CT molecular complexity index is 1070. The number of hydrogen-bond donors (Lipinski definition) is 4. The van der Waals surface area contributed by atoms with Gasteiger partial charge < -0.3 is 43.3 Å². The van der Waals surface area contributed by atoms with Crippen LogP contribution in [0.3, 0.4) is 0 Å². The van der Waals surface area contributed by atoms with Crippen LogP contribution < -0.4 is 5.32 Å². The number of hydrogen-bond acceptors (Lipinski definition) is 15. The van der Waals surface area contributed by atoms with Crippen LogP contribution in [0.2, 0.25) is 0 Å². The molecule has 1 aromatic carbocycles. The third-order valence-corrected chi connectivity index (χ3v) is 5.63. The molecule has 2 rings (SSSR count). The molecule has 14 nitrogen and oxygen atoms in total. The molecule has 0 aliphatic heterocycles. The minimum absolute atomic E-state index is 0.106. The van der Waals surface area contributed by atoms with Crippen LogP contribution in [0.1, 0.15) is 18.4 Å². The van der Waals surface area contributed by atoms with E-state index < -0.39 is 0 Å².